The van der Waals surface area contributed by atoms with Crippen LogP contribution in [0.2, 0.25) is 0 Å². The minimum Gasteiger partial charge on any atom is -0.488 e. The summed E-state index contributed by atoms with van der Waals surface area (Å²) in [5, 5.41) is 0. The quantitative estimate of drug-likeness (QED) is 0.857. The lowest BCUT2D eigenvalue weighted by atomic mass is 9.86. The summed E-state index contributed by atoms with van der Waals surface area (Å²) in [6.07, 6.45) is -1.49. The predicted molar refractivity (Wildman–Crippen MR) is 83.9 cm³/mol. The molecule has 1 aromatic carbocycles. The molecule has 1 aliphatic heterocycles. The Labute approximate surface area is 138 Å². The number of nitrogen functional groups attached to an aromatic ring is 1. The Morgan fingerprint density at radius 3 is 2.38 bits per heavy atom. The van der Waals surface area contributed by atoms with Crippen LogP contribution in [0.25, 0.3) is 0 Å². The number of nitrogens with two attached hydrogens (primary N) is 1. The molecule has 1 saturated heterocycles. The summed E-state index contributed by atoms with van der Waals surface area (Å²) in [7, 11) is 0. The Morgan fingerprint density at radius 1 is 1.21 bits per heavy atom. The van der Waals surface area contributed by atoms with Gasteiger partial charge in [0, 0.05) is 13.1 Å². The topological polar surface area (TPSA) is 55.6 Å². The highest BCUT2D eigenvalue weighted by Crippen LogP contribution is 2.38. The van der Waals surface area contributed by atoms with Gasteiger partial charge in [-0.3, -0.25) is 4.79 Å². The molecule has 1 heterocycles. The van der Waals surface area contributed by atoms with Gasteiger partial charge in [-0.15, -0.1) is 0 Å². The number of alkyl halides is 3. The molecule has 0 aromatic heterocycles. The van der Waals surface area contributed by atoms with Crippen molar-refractivity contribution in [1.29, 1.82) is 0 Å². The number of amides is 1. The van der Waals surface area contributed by atoms with Crippen LogP contribution >= 0.6 is 0 Å². The summed E-state index contributed by atoms with van der Waals surface area (Å²) in [5.41, 5.74) is 8.66. The molecule has 1 aromatic rings. The van der Waals surface area contributed by atoms with E-state index in [1.165, 1.54) is 0 Å². The molecule has 4 nitrogen and oxygen atoms in total. The van der Waals surface area contributed by atoms with Crippen LogP contribution < -0.4 is 10.5 Å². The fourth-order valence-corrected chi connectivity index (χ4v) is 3.21. The fourth-order valence-electron chi connectivity index (χ4n) is 3.21. The molecule has 0 bridgehead atoms. The average molecular weight is 342 g/mol. The Morgan fingerprint density at radius 2 is 1.83 bits per heavy atom. The molecule has 0 spiro atoms. The number of hydrogen-bond donors (Lipinski definition) is 1. The third-order valence-electron chi connectivity index (χ3n) is 4.68. The Bertz CT molecular complexity index is 633. The first kappa shape index (κ1) is 16.9. The molecule has 2 N–H and O–H groups in total. The SMILES string of the molecule is Cc1cc(N)c(OC2CC2)cc1C1CCN(C(=O)C(F)(F)F)CC1. The largest absolute Gasteiger partial charge is 0.488 e. The van der Waals surface area contributed by atoms with Gasteiger partial charge in [0.25, 0.3) is 0 Å². The highest BCUT2D eigenvalue weighted by atomic mass is 19.4. The summed E-state index contributed by atoms with van der Waals surface area (Å²) in [4.78, 5) is 12.2. The fraction of sp³-hybridized carbons (Fsp3) is 0.588. The van der Waals surface area contributed by atoms with Gasteiger partial charge in [-0.2, -0.15) is 13.2 Å². The highest BCUT2D eigenvalue weighted by molar-refractivity contribution is 5.82. The predicted octanol–water partition coefficient (Wildman–Crippen LogP) is 3.39. The second-order valence-electron chi connectivity index (χ2n) is 6.63. The van der Waals surface area contributed by atoms with Gasteiger partial charge >= 0.3 is 12.1 Å². The van der Waals surface area contributed by atoms with E-state index in [4.69, 9.17) is 10.5 Å². The molecule has 7 heteroatoms. The number of hydrogen-bond acceptors (Lipinski definition) is 3. The highest BCUT2D eigenvalue weighted by Gasteiger charge is 2.43. The monoisotopic (exact) mass is 342 g/mol. The van der Waals surface area contributed by atoms with Crippen molar-refractivity contribution in [2.24, 2.45) is 0 Å². The number of rotatable bonds is 3. The molecule has 1 aliphatic carbocycles. The molecule has 1 saturated carbocycles. The third-order valence-corrected chi connectivity index (χ3v) is 4.68. The minimum absolute atomic E-state index is 0.115. The molecule has 0 unspecified atom stereocenters. The van der Waals surface area contributed by atoms with Crippen LogP contribution in [0.1, 0.15) is 42.7 Å². The van der Waals surface area contributed by atoms with Crippen LogP contribution in [0.3, 0.4) is 0 Å². The second kappa shape index (κ2) is 6.18. The summed E-state index contributed by atoms with van der Waals surface area (Å²) in [6, 6.07) is 3.79. The van der Waals surface area contributed by atoms with Crippen molar-refractivity contribution in [3.05, 3.63) is 23.3 Å². The van der Waals surface area contributed by atoms with Crippen molar-refractivity contribution >= 4 is 11.6 Å². The van der Waals surface area contributed by atoms with Crippen molar-refractivity contribution < 1.29 is 22.7 Å². The normalized spacial score (nSPS) is 19.4. The Hall–Kier alpha value is -1.92. The number of carbonyl (C=O) groups excluding carboxylic acids is 1. The van der Waals surface area contributed by atoms with Gasteiger partial charge in [0.2, 0.25) is 0 Å². The number of carbonyl (C=O) groups is 1. The van der Waals surface area contributed by atoms with Crippen molar-refractivity contribution in [3.63, 3.8) is 0 Å². The zero-order valence-electron chi connectivity index (χ0n) is 13.5. The number of halogens is 3. The van der Waals surface area contributed by atoms with Gasteiger partial charge in [0.15, 0.2) is 0 Å². The first-order valence-electron chi connectivity index (χ1n) is 8.18. The number of piperidine rings is 1. The van der Waals surface area contributed by atoms with E-state index in [-0.39, 0.29) is 25.1 Å². The summed E-state index contributed by atoms with van der Waals surface area (Å²) in [6.45, 7) is 2.18. The zero-order chi connectivity index (χ0) is 17.5. The molecule has 3 rings (SSSR count). The Balaban J connectivity index is 1.70. The molecular weight excluding hydrogens is 321 g/mol. The van der Waals surface area contributed by atoms with E-state index in [1.54, 1.807) is 0 Å². The molecule has 0 atom stereocenters. The average Bonchev–Trinajstić information content (AvgIpc) is 3.33. The van der Waals surface area contributed by atoms with Crippen molar-refractivity contribution in [2.75, 3.05) is 18.8 Å². The van der Waals surface area contributed by atoms with E-state index < -0.39 is 12.1 Å². The molecule has 0 radical (unpaired) electrons. The standard InChI is InChI=1S/C17H21F3N2O2/c1-10-8-14(21)15(24-12-2-3-12)9-13(10)11-4-6-22(7-5-11)16(23)17(18,19)20/h8-9,11-12H,2-7,21H2,1H3. The second-order valence-corrected chi connectivity index (χ2v) is 6.63. The van der Waals surface area contributed by atoms with Gasteiger partial charge in [-0.25, -0.2) is 0 Å². The number of nitrogens with zero attached hydrogens (tertiary/aromatic N) is 1. The smallest absolute Gasteiger partial charge is 0.471 e. The van der Waals surface area contributed by atoms with Crippen molar-refractivity contribution in [2.45, 2.75) is 50.8 Å². The summed E-state index contributed by atoms with van der Waals surface area (Å²) >= 11 is 0. The van der Waals surface area contributed by atoms with Gasteiger partial charge in [-0.1, -0.05) is 0 Å². The number of aryl methyl sites for hydroxylation is 1. The number of anilines is 1. The molecule has 1 amide bonds. The van der Waals surface area contributed by atoms with Gasteiger partial charge in [0.05, 0.1) is 11.8 Å². The van der Waals surface area contributed by atoms with E-state index in [2.05, 4.69) is 0 Å². The first-order valence-corrected chi connectivity index (χ1v) is 8.18. The van der Waals surface area contributed by atoms with Gasteiger partial charge in [-0.05, 0) is 61.8 Å². The van der Waals surface area contributed by atoms with Crippen molar-refractivity contribution in [3.8, 4) is 5.75 Å². The third kappa shape index (κ3) is 3.60. The molecule has 2 fully saturated rings. The Kier molecular flexibility index (Phi) is 4.36. The number of benzene rings is 1. The van der Waals surface area contributed by atoms with Gasteiger partial charge in [0.1, 0.15) is 5.75 Å². The van der Waals surface area contributed by atoms with E-state index in [9.17, 15) is 18.0 Å². The summed E-state index contributed by atoms with van der Waals surface area (Å²) < 4.78 is 43.4. The van der Waals surface area contributed by atoms with Gasteiger partial charge < -0.3 is 15.4 Å². The first-order chi connectivity index (χ1) is 11.3. The van der Waals surface area contributed by atoms with E-state index in [1.807, 2.05) is 19.1 Å². The van der Waals surface area contributed by atoms with Crippen molar-refractivity contribution in [1.82, 2.24) is 4.90 Å². The summed E-state index contributed by atoms with van der Waals surface area (Å²) in [5.74, 6) is -0.968. The molecule has 2 aliphatic rings. The van der Waals surface area contributed by atoms with Crippen LogP contribution in [-0.2, 0) is 4.79 Å². The maximum absolute atomic E-state index is 12.5. The van der Waals surface area contributed by atoms with E-state index >= 15 is 0 Å². The maximum Gasteiger partial charge on any atom is 0.471 e. The lowest BCUT2D eigenvalue weighted by Gasteiger charge is -2.33. The van der Waals surface area contributed by atoms with Crippen LogP contribution in [0.5, 0.6) is 5.75 Å². The van der Waals surface area contributed by atoms with Crippen LogP contribution in [-0.4, -0.2) is 36.2 Å². The number of ether oxygens (including phenoxy) is 1. The number of likely N-dealkylation sites (tertiary alicyclic amines) is 1. The molecular formula is C17H21F3N2O2. The van der Waals surface area contributed by atoms with E-state index in [0.717, 1.165) is 28.9 Å². The lowest BCUT2D eigenvalue weighted by Crippen LogP contribution is -2.45. The zero-order valence-corrected chi connectivity index (χ0v) is 13.5. The maximum atomic E-state index is 12.5. The van der Waals surface area contributed by atoms with E-state index in [0.29, 0.717) is 24.3 Å². The minimum atomic E-state index is -4.80. The van der Waals surface area contributed by atoms with Crippen LogP contribution in [0.15, 0.2) is 12.1 Å². The lowest BCUT2D eigenvalue weighted by molar-refractivity contribution is -0.186. The van der Waals surface area contributed by atoms with Crippen LogP contribution in [0, 0.1) is 6.92 Å². The molecule has 24 heavy (non-hydrogen) atoms. The molecule has 132 valence electrons. The van der Waals surface area contributed by atoms with Crippen LogP contribution in [0.4, 0.5) is 18.9 Å².